The van der Waals surface area contributed by atoms with Crippen molar-refractivity contribution in [3.63, 3.8) is 0 Å². The summed E-state index contributed by atoms with van der Waals surface area (Å²) in [5.41, 5.74) is 0.272. The van der Waals surface area contributed by atoms with Crippen molar-refractivity contribution >= 4 is 37.7 Å². The Kier molecular flexibility index (Phi) is 6.17. The molecule has 33 heavy (non-hydrogen) atoms. The summed E-state index contributed by atoms with van der Waals surface area (Å²) in [7, 11) is -2.48. The Morgan fingerprint density at radius 3 is 2.52 bits per heavy atom. The predicted molar refractivity (Wildman–Crippen MR) is 123 cm³/mol. The monoisotopic (exact) mass is 467 g/mol. The van der Waals surface area contributed by atoms with Crippen LogP contribution in [-0.2, 0) is 26.2 Å². The van der Waals surface area contributed by atoms with Gasteiger partial charge in [-0.05, 0) is 48.0 Å². The Labute approximate surface area is 189 Å². The molecular formula is C24H21NO7S. The maximum absolute atomic E-state index is 12.6. The lowest BCUT2D eigenvalue weighted by atomic mass is 10.0. The topological polar surface area (TPSA) is 112 Å². The van der Waals surface area contributed by atoms with Crippen molar-refractivity contribution in [1.29, 1.82) is 0 Å². The molecule has 8 nitrogen and oxygen atoms in total. The van der Waals surface area contributed by atoms with Gasteiger partial charge in [-0.15, -0.1) is 0 Å². The molecule has 0 unspecified atom stereocenters. The first-order valence-electron chi connectivity index (χ1n) is 10.1. The number of esters is 1. The molecule has 0 aliphatic carbocycles. The standard InChI is InChI=1S/C24H21NO7S/c1-15(25-33(28,29)19-10-8-18(30-2)9-11-19)24(27)31-14-17-13-22(26)32-21-12-7-16-5-3-4-6-20(16)23(17)21/h3-13,15,25H,14H2,1-2H3/t15-/m0/s1. The van der Waals surface area contributed by atoms with E-state index in [1.807, 2.05) is 30.3 Å². The molecule has 0 bridgehead atoms. The fourth-order valence-electron chi connectivity index (χ4n) is 3.51. The number of hydrogen-bond acceptors (Lipinski definition) is 7. The van der Waals surface area contributed by atoms with Gasteiger partial charge in [0.2, 0.25) is 10.0 Å². The van der Waals surface area contributed by atoms with Gasteiger partial charge in [0.25, 0.3) is 0 Å². The van der Waals surface area contributed by atoms with Gasteiger partial charge >= 0.3 is 11.6 Å². The van der Waals surface area contributed by atoms with E-state index < -0.39 is 27.7 Å². The Hall–Kier alpha value is -3.69. The summed E-state index contributed by atoms with van der Waals surface area (Å²) in [5.74, 6) is -0.276. The van der Waals surface area contributed by atoms with Crippen molar-refractivity contribution in [2.24, 2.45) is 0 Å². The van der Waals surface area contributed by atoms with Crippen LogP contribution in [0.25, 0.3) is 21.7 Å². The fraction of sp³-hybridized carbons (Fsp3) is 0.167. The van der Waals surface area contributed by atoms with E-state index in [-0.39, 0.29) is 11.5 Å². The van der Waals surface area contributed by atoms with E-state index in [4.69, 9.17) is 13.9 Å². The summed E-state index contributed by atoms with van der Waals surface area (Å²) in [6.45, 7) is 1.17. The van der Waals surface area contributed by atoms with Crippen LogP contribution in [-0.4, -0.2) is 27.5 Å². The van der Waals surface area contributed by atoms with Gasteiger partial charge in [0.15, 0.2) is 0 Å². The second kappa shape index (κ2) is 9.05. The summed E-state index contributed by atoms with van der Waals surface area (Å²) < 4.78 is 43.1. The molecule has 0 aliphatic rings. The first kappa shape index (κ1) is 22.5. The van der Waals surface area contributed by atoms with Crippen molar-refractivity contribution in [2.45, 2.75) is 24.5 Å². The summed E-state index contributed by atoms with van der Waals surface area (Å²) in [6.07, 6.45) is 0. The van der Waals surface area contributed by atoms with Gasteiger partial charge in [-0.1, -0.05) is 30.3 Å². The SMILES string of the molecule is COc1ccc(S(=O)(=O)N[C@@H](C)C(=O)OCc2cc(=O)oc3ccc4ccccc4c23)cc1. The van der Waals surface area contributed by atoms with Gasteiger partial charge in [-0.2, -0.15) is 4.72 Å². The molecule has 4 rings (SSSR count). The molecule has 0 fully saturated rings. The molecule has 3 aromatic carbocycles. The van der Waals surface area contributed by atoms with Crippen molar-refractivity contribution < 1.29 is 27.1 Å². The lowest BCUT2D eigenvalue weighted by molar-refractivity contribution is -0.146. The molecule has 170 valence electrons. The molecule has 1 N–H and O–H groups in total. The molecule has 0 saturated heterocycles. The zero-order valence-corrected chi connectivity index (χ0v) is 18.7. The Bertz CT molecular complexity index is 1490. The Morgan fingerprint density at radius 1 is 1.06 bits per heavy atom. The molecule has 1 aromatic heterocycles. The van der Waals surface area contributed by atoms with E-state index >= 15 is 0 Å². The van der Waals surface area contributed by atoms with Crippen LogP contribution < -0.4 is 15.1 Å². The van der Waals surface area contributed by atoms with Crippen LogP contribution in [0, 0.1) is 0 Å². The Morgan fingerprint density at radius 2 is 1.79 bits per heavy atom. The van der Waals surface area contributed by atoms with E-state index in [1.165, 1.54) is 44.4 Å². The smallest absolute Gasteiger partial charge is 0.336 e. The molecule has 0 radical (unpaired) electrons. The van der Waals surface area contributed by atoms with Crippen LogP contribution in [0.4, 0.5) is 0 Å². The quantitative estimate of drug-likeness (QED) is 0.252. The highest BCUT2D eigenvalue weighted by Crippen LogP contribution is 2.27. The highest BCUT2D eigenvalue weighted by Gasteiger charge is 2.23. The number of methoxy groups -OCH3 is 1. The molecule has 0 spiro atoms. The van der Waals surface area contributed by atoms with Crippen LogP contribution >= 0.6 is 0 Å². The summed E-state index contributed by atoms with van der Waals surface area (Å²) in [4.78, 5) is 24.5. The minimum absolute atomic E-state index is 0.0129. The summed E-state index contributed by atoms with van der Waals surface area (Å²) in [6, 6.07) is 17.0. The number of rotatable bonds is 7. The van der Waals surface area contributed by atoms with Crippen LogP contribution in [0.5, 0.6) is 5.75 Å². The molecule has 9 heteroatoms. The lowest BCUT2D eigenvalue weighted by Crippen LogP contribution is -2.39. The van der Waals surface area contributed by atoms with E-state index in [1.54, 1.807) is 6.07 Å². The molecule has 0 aliphatic heterocycles. The summed E-state index contributed by atoms with van der Waals surface area (Å²) >= 11 is 0. The van der Waals surface area contributed by atoms with Gasteiger partial charge < -0.3 is 13.9 Å². The van der Waals surface area contributed by atoms with Crippen LogP contribution in [0.2, 0.25) is 0 Å². The van der Waals surface area contributed by atoms with E-state index in [9.17, 15) is 18.0 Å². The number of hydrogen-bond donors (Lipinski definition) is 1. The van der Waals surface area contributed by atoms with Gasteiger partial charge in [-0.3, -0.25) is 4.79 Å². The van der Waals surface area contributed by atoms with E-state index in [0.29, 0.717) is 22.3 Å². The van der Waals surface area contributed by atoms with Crippen LogP contribution in [0.3, 0.4) is 0 Å². The van der Waals surface area contributed by atoms with Crippen molar-refractivity contribution in [3.05, 3.63) is 82.7 Å². The van der Waals surface area contributed by atoms with E-state index in [2.05, 4.69) is 4.72 Å². The fourth-order valence-corrected chi connectivity index (χ4v) is 4.70. The zero-order valence-electron chi connectivity index (χ0n) is 17.9. The third-order valence-corrected chi connectivity index (χ3v) is 6.70. The number of nitrogens with one attached hydrogen (secondary N) is 1. The lowest BCUT2D eigenvalue weighted by Gasteiger charge is -2.15. The predicted octanol–water partition coefficient (Wildman–Crippen LogP) is 3.37. The average molecular weight is 467 g/mol. The number of ether oxygens (including phenoxy) is 2. The Balaban J connectivity index is 1.53. The molecule has 4 aromatic rings. The van der Waals surface area contributed by atoms with Gasteiger partial charge in [-0.25, -0.2) is 13.2 Å². The second-order valence-corrected chi connectivity index (χ2v) is 9.09. The van der Waals surface area contributed by atoms with Crippen molar-refractivity contribution in [2.75, 3.05) is 7.11 Å². The number of fused-ring (bicyclic) bond motifs is 3. The normalized spacial score (nSPS) is 12.5. The van der Waals surface area contributed by atoms with Crippen molar-refractivity contribution in [3.8, 4) is 5.75 Å². The minimum Gasteiger partial charge on any atom is -0.497 e. The number of benzene rings is 3. The molecule has 1 heterocycles. The first-order valence-corrected chi connectivity index (χ1v) is 11.5. The second-order valence-electron chi connectivity index (χ2n) is 7.38. The number of sulfonamides is 1. The zero-order chi connectivity index (χ0) is 23.6. The third-order valence-electron chi connectivity index (χ3n) is 5.14. The highest BCUT2D eigenvalue weighted by molar-refractivity contribution is 7.89. The van der Waals surface area contributed by atoms with Crippen LogP contribution in [0.1, 0.15) is 12.5 Å². The number of carbonyl (C=O) groups excluding carboxylic acids is 1. The van der Waals surface area contributed by atoms with Crippen molar-refractivity contribution in [1.82, 2.24) is 4.72 Å². The first-order chi connectivity index (χ1) is 15.8. The van der Waals surface area contributed by atoms with Gasteiger partial charge in [0.05, 0.1) is 12.0 Å². The summed E-state index contributed by atoms with van der Waals surface area (Å²) in [5, 5.41) is 2.44. The molecule has 0 amide bonds. The largest absolute Gasteiger partial charge is 0.497 e. The highest BCUT2D eigenvalue weighted by atomic mass is 32.2. The van der Waals surface area contributed by atoms with Crippen LogP contribution in [0.15, 0.2) is 80.8 Å². The average Bonchev–Trinajstić information content (AvgIpc) is 2.81. The van der Waals surface area contributed by atoms with Gasteiger partial charge in [0.1, 0.15) is 24.0 Å². The van der Waals surface area contributed by atoms with E-state index in [0.717, 1.165) is 10.8 Å². The number of carbonyl (C=O) groups is 1. The minimum atomic E-state index is -3.95. The molecular weight excluding hydrogens is 446 g/mol. The third kappa shape index (κ3) is 4.74. The molecule has 0 saturated carbocycles. The maximum Gasteiger partial charge on any atom is 0.336 e. The maximum atomic E-state index is 12.6. The molecule has 1 atom stereocenters. The van der Waals surface area contributed by atoms with Gasteiger partial charge in [0, 0.05) is 17.0 Å².